The summed E-state index contributed by atoms with van der Waals surface area (Å²) in [6.45, 7) is 3.53. The van der Waals surface area contributed by atoms with E-state index in [0.29, 0.717) is 23.6 Å². The van der Waals surface area contributed by atoms with Crippen LogP contribution in [-0.2, 0) is 38.3 Å². The minimum absolute atomic E-state index is 0.265. The van der Waals surface area contributed by atoms with Crippen molar-refractivity contribution in [3.05, 3.63) is 55.4 Å². The first-order valence-corrected chi connectivity index (χ1v) is 9.38. The molecule has 0 aliphatic heterocycles. The summed E-state index contributed by atoms with van der Waals surface area (Å²) in [5.41, 5.74) is 1.82. The molecule has 0 bridgehead atoms. The maximum absolute atomic E-state index is 12.8. The maximum Gasteiger partial charge on any atom is 0.332 e. The number of benzene rings is 1. The standard InChI is InChI=1S/C19H22ClN5O3/c1-5-11-7-8-13(20)12(6-2)15(11)22-14(26)9-25-18(27)16-17(21-10-23(16)3)24(4)19(25)28/h7-8,10H,5-6,9H2,1-4H3,(H,22,26). The highest BCUT2D eigenvalue weighted by Gasteiger charge is 2.18. The molecule has 0 fully saturated rings. The third-order valence-corrected chi connectivity index (χ3v) is 5.20. The lowest BCUT2D eigenvalue weighted by Gasteiger charge is -2.16. The number of hydrogen-bond acceptors (Lipinski definition) is 4. The molecule has 3 aromatic rings. The summed E-state index contributed by atoms with van der Waals surface area (Å²) in [5, 5.41) is 3.42. The van der Waals surface area contributed by atoms with Gasteiger partial charge in [0.05, 0.1) is 6.33 Å². The lowest BCUT2D eigenvalue weighted by Crippen LogP contribution is -2.42. The number of aryl methyl sites for hydroxylation is 3. The van der Waals surface area contributed by atoms with Gasteiger partial charge in [-0.1, -0.05) is 31.5 Å². The smallest absolute Gasteiger partial charge is 0.328 e. The fourth-order valence-electron chi connectivity index (χ4n) is 3.33. The number of imidazole rings is 1. The van der Waals surface area contributed by atoms with Crippen LogP contribution in [0.15, 0.2) is 28.0 Å². The maximum atomic E-state index is 12.8. The van der Waals surface area contributed by atoms with Crippen LogP contribution in [0.4, 0.5) is 5.69 Å². The highest BCUT2D eigenvalue weighted by atomic mass is 35.5. The first-order chi connectivity index (χ1) is 13.3. The quantitative estimate of drug-likeness (QED) is 0.703. The first kappa shape index (κ1) is 19.9. The number of aromatic nitrogens is 4. The van der Waals surface area contributed by atoms with Crippen molar-refractivity contribution in [3.63, 3.8) is 0 Å². The van der Waals surface area contributed by atoms with Crippen molar-refractivity contribution in [2.75, 3.05) is 5.32 Å². The van der Waals surface area contributed by atoms with Crippen molar-refractivity contribution in [1.82, 2.24) is 18.7 Å². The van der Waals surface area contributed by atoms with Gasteiger partial charge in [-0.3, -0.25) is 14.2 Å². The van der Waals surface area contributed by atoms with Crippen molar-refractivity contribution in [1.29, 1.82) is 0 Å². The van der Waals surface area contributed by atoms with Gasteiger partial charge in [0.25, 0.3) is 5.56 Å². The lowest BCUT2D eigenvalue weighted by molar-refractivity contribution is -0.116. The zero-order valence-corrected chi connectivity index (χ0v) is 17.0. The van der Waals surface area contributed by atoms with Gasteiger partial charge in [-0.05, 0) is 30.0 Å². The number of fused-ring (bicyclic) bond motifs is 1. The molecule has 8 nitrogen and oxygen atoms in total. The van der Waals surface area contributed by atoms with Crippen LogP contribution in [0, 0.1) is 0 Å². The van der Waals surface area contributed by atoms with E-state index in [1.165, 1.54) is 22.5 Å². The molecule has 3 rings (SSSR count). The lowest BCUT2D eigenvalue weighted by atomic mass is 10.0. The number of nitrogens with one attached hydrogen (secondary N) is 1. The van der Waals surface area contributed by atoms with Crippen LogP contribution in [0.3, 0.4) is 0 Å². The molecule has 148 valence electrons. The van der Waals surface area contributed by atoms with E-state index in [0.717, 1.165) is 15.7 Å². The number of anilines is 1. The predicted molar refractivity (Wildman–Crippen MR) is 109 cm³/mol. The van der Waals surface area contributed by atoms with Crippen molar-refractivity contribution in [2.45, 2.75) is 33.2 Å². The Balaban J connectivity index is 2.02. The average molecular weight is 404 g/mol. The average Bonchev–Trinajstić information content (AvgIpc) is 3.05. The third kappa shape index (κ3) is 3.24. The van der Waals surface area contributed by atoms with Gasteiger partial charge in [-0.2, -0.15) is 0 Å². The Hall–Kier alpha value is -2.87. The summed E-state index contributed by atoms with van der Waals surface area (Å²) in [4.78, 5) is 42.1. The van der Waals surface area contributed by atoms with E-state index in [-0.39, 0.29) is 11.2 Å². The van der Waals surface area contributed by atoms with Crippen LogP contribution < -0.4 is 16.6 Å². The first-order valence-electron chi connectivity index (χ1n) is 9.01. The molecule has 0 saturated carbocycles. The molecule has 0 aliphatic rings. The van der Waals surface area contributed by atoms with Crippen LogP contribution in [0.1, 0.15) is 25.0 Å². The van der Waals surface area contributed by atoms with Crippen LogP contribution in [0.25, 0.3) is 11.2 Å². The highest BCUT2D eigenvalue weighted by Crippen LogP contribution is 2.29. The van der Waals surface area contributed by atoms with Gasteiger partial charge in [0, 0.05) is 24.8 Å². The number of amides is 1. The molecule has 1 N–H and O–H groups in total. The number of halogens is 1. The molecule has 28 heavy (non-hydrogen) atoms. The molecular formula is C19H22ClN5O3. The molecule has 0 spiro atoms. The second kappa shape index (κ2) is 7.63. The van der Waals surface area contributed by atoms with E-state index in [2.05, 4.69) is 10.3 Å². The topological polar surface area (TPSA) is 90.9 Å². The van der Waals surface area contributed by atoms with E-state index in [4.69, 9.17) is 11.6 Å². The molecule has 2 heterocycles. The zero-order valence-electron chi connectivity index (χ0n) is 16.2. The van der Waals surface area contributed by atoms with E-state index >= 15 is 0 Å². The Morgan fingerprint density at radius 2 is 1.89 bits per heavy atom. The summed E-state index contributed by atoms with van der Waals surface area (Å²) in [7, 11) is 3.19. The summed E-state index contributed by atoms with van der Waals surface area (Å²) >= 11 is 6.27. The summed E-state index contributed by atoms with van der Waals surface area (Å²) in [5.74, 6) is -0.465. The van der Waals surface area contributed by atoms with Crippen LogP contribution >= 0.6 is 11.6 Å². The fraction of sp³-hybridized carbons (Fsp3) is 0.368. The molecule has 0 atom stereocenters. The molecule has 0 unspecified atom stereocenters. The van der Waals surface area contributed by atoms with Crippen molar-refractivity contribution < 1.29 is 4.79 Å². The van der Waals surface area contributed by atoms with Crippen LogP contribution in [0.5, 0.6) is 0 Å². The molecule has 1 amide bonds. The summed E-state index contributed by atoms with van der Waals surface area (Å²) in [6.07, 6.45) is 2.82. The molecule has 9 heteroatoms. The van der Waals surface area contributed by atoms with E-state index < -0.39 is 23.7 Å². The fourth-order valence-corrected chi connectivity index (χ4v) is 3.62. The summed E-state index contributed by atoms with van der Waals surface area (Å²) < 4.78 is 3.71. The number of nitrogens with zero attached hydrogens (tertiary/aromatic N) is 4. The number of carbonyl (C=O) groups is 1. The molecule has 2 aromatic heterocycles. The second-order valence-corrected chi connectivity index (χ2v) is 6.98. The zero-order chi connectivity index (χ0) is 20.6. The van der Waals surface area contributed by atoms with Gasteiger partial charge in [-0.15, -0.1) is 0 Å². The predicted octanol–water partition coefficient (Wildman–Crippen LogP) is 1.85. The largest absolute Gasteiger partial charge is 0.332 e. The molecule has 0 radical (unpaired) electrons. The SMILES string of the molecule is CCc1ccc(Cl)c(CC)c1NC(=O)Cn1c(=O)c2c(ncn2C)n(C)c1=O. The Kier molecular flexibility index (Phi) is 5.42. The molecule has 0 saturated heterocycles. The monoisotopic (exact) mass is 403 g/mol. The second-order valence-electron chi connectivity index (χ2n) is 6.58. The van der Waals surface area contributed by atoms with Gasteiger partial charge in [0.15, 0.2) is 11.2 Å². The minimum Gasteiger partial charge on any atom is -0.328 e. The Bertz CT molecular complexity index is 1190. The van der Waals surface area contributed by atoms with E-state index in [9.17, 15) is 14.4 Å². The van der Waals surface area contributed by atoms with Gasteiger partial charge < -0.3 is 9.88 Å². The number of rotatable bonds is 5. The molecular weight excluding hydrogens is 382 g/mol. The van der Waals surface area contributed by atoms with Gasteiger partial charge >= 0.3 is 5.69 Å². The number of hydrogen-bond donors (Lipinski definition) is 1. The normalized spacial score (nSPS) is 11.2. The van der Waals surface area contributed by atoms with E-state index in [1.54, 1.807) is 7.05 Å². The molecule has 0 aliphatic carbocycles. The van der Waals surface area contributed by atoms with Crippen molar-refractivity contribution >= 4 is 34.4 Å². The molecule has 1 aromatic carbocycles. The Morgan fingerprint density at radius 3 is 2.54 bits per heavy atom. The van der Waals surface area contributed by atoms with Crippen LogP contribution in [-0.4, -0.2) is 24.6 Å². The van der Waals surface area contributed by atoms with E-state index in [1.807, 2.05) is 26.0 Å². The van der Waals surface area contributed by atoms with Gasteiger partial charge in [0.2, 0.25) is 5.91 Å². The van der Waals surface area contributed by atoms with Crippen LogP contribution in [0.2, 0.25) is 5.02 Å². The highest BCUT2D eigenvalue weighted by molar-refractivity contribution is 6.32. The third-order valence-electron chi connectivity index (χ3n) is 4.84. The van der Waals surface area contributed by atoms with Gasteiger partial charge in [-0.25, -0.2) is 14.3 Å². The van der Waals surface area contributed by atoms with Gasteiger partial charge in [0.1, 0.15) is 6.54 Å². The Morgan fingerprint density at radius 1 is 1.18 bits per heavy atom. The Labute approximate surface area is 166 Å². The van der Waals surface area contributed by atoms with Crippen molar-refractivity contribution in [2.24, 2.45) is 14.1 Å². The number of carbonyl (C=O) groups excluding carboxylic acids is 1. The minimum atomic E-state index is -0.594. The van der Waals surface area contributed by atoms with Crippen molar-refractivity contribution in [3.8, 4) is 0 Å². The summed E-state index contributed by atoms with van der Waals surface area (Å²) in [6, 6.07) is 3.68.